The number of nitrogens with one attached hydrogen (secondary N) is 2. The molecule has 1 aromatic heterocycles. The average molecular weight is 319 g/mol. The molecule has 0 unspecified atom stereocenters. The number of hydrogen-bond acceptors (Lipinski definition) is 5. The van der Waals surface area contributed by atoms with Crippen LogP contribution in [-0.4, -0.2) is 32.3 Å². The first-order valence-electron chi connectivity index (χ1n) is 6.76. The Kier molecular flexibility index (Phi) is 5.54. The van der Waals surface area contributed by atoms with Crippen LogP contribution in [0, 0.1) is 0 Å². The van der Waals surface area contributed by atoms with E-state index < -0.39 is 0 Å². The molecule has 2 amide bonds. The van der Waals surface area contributed by atoms with E-state index in [1.54, 1.807) is 30.6 Å². The van der Waals surface area contributed by atoms with Crippen molar-refractivity contribution >= 4 is 35.0 Å². The zero-order chi connectivity index (χ0) is 15.9. The lowest BCUT2D eigenvalue weighted by Crippen LogP contribution is -2.14. The van der Waals surface area contributed by atoms with Crippen LogP contribution < -0.4 is 10.6 Å². The minimum Gasteiger partial charge on any atom is -0.326 e. The van der Waals surface area contributed by atoms with E-state index in [0.29, 0.717) is 11.4 Å². The first-order chi connectivity index (χ1) is 10.6. The number of anilines is 2. The maximum Gasteiger partial charge on any atom is 0.234 e. The summed E-state index contributed by atoms with van der Waals surface area (Å²) < 4.78 is 1.88. The highest BCUT2D eigenvalue weighted by atomic mass is 32.2. The zero-order valence-electron chi connectivity index (χ0n) is 12.4. The highest BCUT2D eigenvalue weighted by Crippen LogP contribution is 2.17. The van der Waals surface area contributed by atoms with Crippen molar-refractivity contribution in [3.63, 3.8) is 0 Å². The number of benzene rings is 1. The normalized spacial score (nSPS) is 10.3. The number of thioether (sulfide) groups is 1. The molecule has 0 saturated heterocycles. The Hall–Kier alpha value is -2.35. The smallest absolute Gasteiger partial charge is 0.234 e. The Morgan fingerprint density at radius 2 is 1.82 bits per heavy atom. The molecule has 1 aromatic carbocycles. The summed E-state index contributed by atoms with van der Waals surface area (Å²) in [7, 11) is 0. The van der Waals surface area contributed by atoms with E-state index in [4.69, 9.17) is 0 Å². The molecule has 0 fully saturated rings. The van der Waals surface area contributed by atoms with Gasteiger partial charge in [0.15, 0.2) is 5.16 Å². The molecule has 0 bridgehead atoms. The van der Waals surface area contributed by atoms with E-state index in [1.165, 1.54) is 18.7 Å². The van der Waals surface area contributed by atoms with Crippen LogP contribution in [0.15, 0.2) is 35.7 Å². The quantitative estimate of drug-likeness (QED) is 0.795. The summed E-state index contributed by atoms with van der Waals surface area (Å²) in [5, 5.41) is 14.0. The molecule has 0 radical (unpaired) electrons. The third-order valence-electron chi connectivity index (χ3n) is 2.74. The molecule has 8 heteroatoms. The molecule has 22 heavy (non-hydrogen) atoms. The number of hydrogen-bond donors (Lipinski definition) is 2. The third-order valence-corrected chi connectivity index (χ3v) is 3.72. The molecule has 0 saturated carbocycles. The van der Waals surface area contributed by atoms with Gasteiger partial charge in [0.2, 0.25) is 11.8 Å². The van der Waals surface area contributed by atoms with Crippen LogP contribution in [-0.2, 0) is 16.1 Å². The fraction of sp³-hybridized carbons (Fsp3) is 0.286. The molecule has 2 rings (SSSR count). The fourth-order valence-corrected chi connectivity index (χ4v) is 2.52. The monoisotopic (exact) mass is 319 g/mol. The number of amides is 2. The molecule has 0 spiro atoms. The maximum absolute atomic E-state index is 11.9. The van der Waals surface area contributed by atoms with Gasteiger partial charge in [0, 0.05) is 24.8 Å². The molecule has 2 N–H and O–H groups in total. The van der Waals surface area contributed by atoms with Crippen LogP contribution in [0.5, 0.6) is 0 Å². The highest BCUT2D eigenvalue weighted by molar-refractivity contribution is 7.99. The van der Waals surface area contributed by atoms with Gasteiger partial charge in [-0.25, -0.2) is 0 Å². The van der Waals surface area contributed by atoms with Gasteiger partial charge in [-0.3, -0.25) is 9.59 Å². The lowest BCUT2D eigenvalue weighted by atomic mass is 10.3. The Morgan fingerprint density at radius 1 is 1.18 bits per heavy atom. The van der Waals surface area contributed by atoms with Crippen LogP contribution in [0.3, 0.4) is 0 Å². The number of carbonyl (C=O) groups excluding carboxylic acids is 2. The van der Waals surface area contributed by atoms with Crippen molar-refractivity contribution < 1.29 is 9.59 Å². The first-order valence-corrected chi connectivity index (χ1v) is 7.75. The molecular weight excluding hydrogens is 302 g/mol. The van der Waals surface area contributed by atoms with E-state index in [1.807, 2.05) is 11.5 Å². The van der Waals surface area contributed by atoms with E-state index in [0.717, 1.165) is 11.7 Å². The second-order valence-electron chi connectivity index (χ2n) is 4.49. The summed E-state index contributed by atoms with van der Waals surface area (Å²) >= 11 is 1.34. The Labute approximate surface area is 132 Å². The summed E-state index contributed by atoms with van der Waals surface area (Å²) in [4.78, 5) is 22.8. The van der Waals surface area contributed by atoms with Crippen molar-refractivity contribution in [1.29, 1.82) is 0 Å². The van der Waals surface area contributed by atoms with E-state index >= 15 is 0 Å². The van der Waals surface area contributed by atoms with Crippen LogP contribution in [0.1, 0.15) is 13.8 Å². The summed E-state index contributed by atoms with van der Waals surface area (Å²) in [6, 6.07) is 6.94. The van der Waals surface area contributed by atoms with Crippen molar-refractivity contribution in [3.8, 4) is 0 Å². The van der Waals surface area contributed by atoms with Crippen molar-refractivity contribution in [2.45, 2.75) is 25.5 Å². The van der Waals surface area contributed by atoms with Gasteiger partial charge in [0.1, 0.15) is 6.33 Å². The molecular formula is C14H17N5O2S. The molecule has 7 nitrogen and oxygen atoms in total. The predicted octanol–water partition coefficient (Wildman–Crippen LogP) is 1.99. The van der Waals surface area contributed by atoms with Crippen LogP contribution in [0.25, 0.3) is 0 Å². The first kappa shape index (κ1) is 16.0. The second kappa shape index (κ2) is 7.60. The molecule has 0 aliphatic heterocycles. The van der Waals surface area contributed by atoms with Gasteiger partial charge in [-0.05, 0) is 31.2 Å². The zero-order valence-corrected chi connectivity index (χ0v) is 13.2. The second-order valence-corrected chi connectivity index (χ2v) is 5.44. The average Bonchev–Trinajstić information content (AvgIpc) is 2.94. The fourth-order valence-electron chi connectivity index (χ4n) is 1.74. The Balaban J connectivity index is 1.85. The summed E-state index contributed by atoms with van der Waals surface area (Å²) in [6.07, 6.45) is 1.64. The third kappa shape index (κ3) is 4.59. The van der Waals surface area contributed by atoms with Gasteiger partial charge in [0.25, 0.3) is 0 Å². The highest BCUT2D eigenvalue weighted by Gasteiger charge is 2.08. The van der Waals surface area contributed by atoms with Gasteiger partial charge >= 0.3 is 0 Å². The summed E-state index contributed by atoms with van der Waals surface area (Å²) in [6.45, 7) is 4.20. The number of carbonyl (C=O) groups is 2. The minimum absolute atomic E-state index is 0.122. The number of nitrogens with zero attached hydrogens (tertiary/aromatic N) is 3. The standard InChI is InChI=1S/C14H17N5O2S/c1-3-19-9-15-18-14(19)22-8-13(21)17-12-6-4-11(5-7-12)16-10(2)20/h4-7,9H,3,8H2,1-2H3,(H,16,20)(H,17,21). The van der Waals surface area contributed by atoms with Crippen molar-refractivity contribution in [2.24, 2.45) is 0 Å². The number of aromatic nitrogens is 3. The van der Waals surface area contributed by atoms with Crippen molar-refractivity contribution in [1.82, 2.24) is 14.8 Å². The minimum atomic E-state index is -0.131. The van der Waals surface area contributed by atoms with Gasteiger partial charge in [-0.15, -0.1) is 10.2 Å². The predicted molar refractivity (Wildman–Crippen MR) is 85.8 cm³/mol. The van der Waals surface area contributed by atoms with Crippen LogP contribution in [0.4, 0.5) is 11.4 Å². The molecule has 0 aliphatic carbocycles. The molecule has 1 heterocycles. The lowest BCUT2D eigenvalue weighted by molar-refractivity contribution is -0.114. The molecule has 0 aliphatic rings. The SMILES string of the molecule is CCn1cnnc1SCC(=O)Nc1ccc(NC(C)=O)cc1. The molecule has 0 atom stereocenters. The van der Waals surface area contributed by atoms with Crippen molar-refractivity contribution in [3.05, 3.63) is 30.6 Å². The van der Waals surface area contributed by atoms with Crippen molar-refractivity contribution in [2.75, 3.05) is 16.4 Å². The molecule has 116 valence electrons. The van der Waals surface area contributed by atoms with Crippen LogP contribution >= 0.6 is 11.8 Å². The van der Waals surface area contributed by atoms with Crippen LogP contribution in [0.2, 0.25) is 0 Å². The Bertz CT molecular complexity index is 654. The van der Waals surface area contributed by atoms with Gasteiger partial charge in [-0.1, -0.05) is 11.8 Å². The summed E-state index contributed by atoms with van der Waals surface area (Å²) in [5.74, 6) is 0.00253. The Morgan fingerprint density at radius 3 is 2.41 bits per heavy atom. The van der Waals surface area contributed by atoms with Gasteiger partial charge < -0.3 is 15.2 Å². The van der Waals surface area contributed by atoms with Gasteiger partial charge in [0.05, 0.1) is 5.75 Å². The van der Waals surface area contributed by atoms with E-state index in [2.05, 4.69) is 20.8 Å². The topological polar surface area (TPSA) is 88.9 Å². The number of aryl methyl sites for hydroxylation is 1. The van der Waals surface area contributed by atoms with E-state index in [-0.39, 0.29) is 17.6 Å². The maximum atomic E-state index is 11.9. The number of rotatable bonds is 6. The molecule has 2 aromatic rings. The van der Waals surface area contributed by atoms with E-state index in [9.17, 15) is 9.59 Å². The lowest BCUT2D eigenvalue weighted by Gasteiger charge is -2.07. The van der Waals surface area contributed by atoms with Gasteiger partial charge in [-0.2, -0.15) is 0 Å². The largest absolute Gasteiger partial charge is 0.326 e. The summed E-state index contributed by atoms with van der Waals surface area (Å²) in [5.41, 5.74) is 1.37.